The lowest BCUT2D eigenvalue weighted by molar-refractivity contribution is -0.137. The number of rotatable bonds is 7. The van der Waals surface area contributed by atoms with Gasteiger partial charge in [-0.3, -0.25) is 0 Å². The molecule has 2 rings (SSSR count). The van der Waals surface area contributed by atoms with Crippen LogP contribution in [0.5, 0.6) is 5.75 Å². The van der Waals surface area contributed by atoms with Crippen molar-refractivity contribution in [3.05, 3.63) is 45.3 Å². The quantitative estimate of drug-likeness (QED) is 0.309. The lowest BCUT2D eigenvalue weighted by atomic mass is 10.1. The zero-order valence-corrected chi connectivity index (χ0v) is 15.7. The smallest absolute Gasteiger partial charge is 0.351 e. The minimum absolute atomic E-state index is 0.106. The molecule has 0 bridgehead atoms. The Labute approximate surface area is 160 Å². The number of benzene rings is 1. The molecule has 1 heterocycles. The molecule has 0 fully saturated rings. The van der Waals surface area contributed by atoms with E-state index in [1.807, 2.05) is 0 Å². The van der Waals surface area contributed by atoms with Gasteiger partial charge in [0.25, 0.3) is 0 Å². The van der Waals surface area contributed by atoms with Gasteiger partial charge < -0.3 is 18.6 Å². The van der Waals surface area contributed by atoms with E-state index in [9.17, 15) is 19.6 Å². The highest BCUT2D eigenvalue weighted by Crippen LogP contribution is 2.29. The van der Waals surface area contributed by atoms with Gasteiger partial charge in [0.05, 0.1) is 19.8 Å². The maximum atomic E-state index is 12.1. The van der Waals surface area contributed by atoms with Gasteiger partial charge in [0.1, 0.15) is 17.2 Å². The number of esters is 2. The van der Waals surface area contributed by atoms with E-state index in [1.165, 1.54) is 18.2 Å². The molecule has 0 spiro atoms. The van der Waals surface area contributed by atoms with Crippen LogP contribution in [0, 0.1) is 11.3 Å². The lowest BCUT2D eigenvalue weighted by Crippen LogP contribution is -2.16. The molecule has 0 radical (unpaired) electrons. The van der Waals surface area contributed by atoms with Crippen molar-refractivity contribution in [1.29, 1.82) is 5.26 Å². The second kappa shape index (κ2) is 9.37. The van der Waals surface area contributed by atoms with Gasteiger partial charge in [0, 0.05) is 5.39 Å². The van der Waals surface area contributed by atoms with Gasteiger partial charge in [0.2, 0.25) is 0 Å². The van der Waals surface area contributed by atoms with E-state index in [-0.39, 0.29) is 42.3 Å². The fourth-order valence-electron chi connectivity index (χ4n) is 2.43. The third kappa shape index (κ3) is 4.57. The Morgan fingerprint density at radius 3 is 2.43 bits per heavy atom. The average Bonchev–Trinajstić information content (AvgIpc) is 2.66. The van der Waals surface area contributed by atoms with Crippen molar-refractivity contribution in [3.63, 3.8) is 0 Å². The minimum Gasteiger partial charge on any atom is -0.490 e. The molecule has 1 aromatic heterocycles. The zero-order chi connectivity index (χ0) is 20.7. The summed E-state index contributed by atoms with van der Waals surface area (Å²) in [7, 11) is 0. The van der Waals surface area contributed by atoms with Crippen LogP contribution >= 0.6 is 0 Å². The highest BCUT2D eigenvalue weighted by atomic mass is 16.5. The van der Waals surface area contributed by atoms with Crippen LogP contribution in [0.15, 0.2) is 33.0 Å². The number of carbonyl (C=O) groups excluding carboxylic acids is 2. The van der Waals surface area contributed by atoms with Gasteiger partial charge in [-0.15, -0.1) is 0 Å². The van der Waals surface area contributed by atoms with E-state index in [4.69, 9.17) is 18.6 Å². The molecule has 0 aliphatic rings. The molecule has 8 nitrogen and oxygen atoms in total. The molecule has 0 atom stereocenters. The van der Waals surface area contributed by atoms with Crippen LogP contribution in [-0.4, -0.2) is 31.8 Å². The van der Waals surface area contributed by atoms with E-state index in [0.29, 0.717) is 10.9 Å². The summed E-state index contributed by atoms with van der Waals surface area (Å²) in [5.41, 5.74) is -0.731. The van der Waals surface area contributed by atoms with Crippen molar-refractivity contribution in [2.75, 3.05) is 19.8 Å². The third-order valence-electron chi connectivity index (χ3n) is 3.54. The molecule has 0 saturated heterocycles. The first-order valence-corrected chi connectivity index (χ1v) is 8.65. The fraction of sp³-hybridized carbons (Fsp3) is 0.300. The Hall–Kier alpha value is -3.60. The molecule has 0 N–H and O–H groups in total. The first-order valence-electron chi connectivity index (χ1n) is 8.65. The molecule has 28 heavy (non-hydrogen) atoms. The molecule has 0 saturated carbocycles. The standard InChI is InChI=1S/C20H19NO7/c1-4-25-16-9-12(8-14(11-21)18(22)26-5-2)7-13-10-15(19(23)27-6-3)20(24)28-17(13)16/h7-10H,4-6H2,1-3H3/b14-8-. The summed E-state index contributed by atoms with van der Waals surface area (Å²) in [6.45, 7) is 5.53. The van der Waals surface area contributed by atoms with E-state index in [1.54, 1.807) is 32.9 Å². The Morgan fingerprint density at radius 2 is 1.82 bits per heavy atom. The second-order valence-electron chi connectivity index (χ2n) is 5.43. The predicted octanol–water partition coefficient (Wildman–Crippen LogP) is 2.84. The average molecular weight is 385 g/mol. The SMILES string of the molecule is CCOC(=O)/C(C#N)=C\c1cc(OCC)c2oc(=O)c(C(=O)OCC)cc2c1. The Kier molecular flexibility index (Phi) is 6.93. The Bertz CT molecular complexity index is 1030. The van der Waals surface area contributed by atoms with Crippen molar-refractivity contribution in [2.24, 2.45) is 0 Å². The predicted molar refractivity (Wildman–Crippen MR) is 99.8 cm³/mol. The number of fused-ring (bicyclic) bond motifs is 1. The molecular weight excluding hydrogens is 366 g/mol. The summed E-state index contributed by atoms with van der Waals surface area (Å²) in [6.07, 6.45) is 1.33. The molecule has 1 aromatic carbocycles. The number of hydrogen-bond acceptors (Lipinski definition) is 8. The third-order valence-corrected chi connectivity index (χ3v) is 3.54. The van der Waals surface area contributed by atoms with Crippen molar-refractivity contribution < 1.29 is 28.2 Å². The van der Waals surface area contributed by atoms with Crippen LogP contribution in [0.3, 0.4) is 0 Å². The lowest BCUT2D eigenvalue weighted by Gasteiger charge is -2.09. The molecule has 8 heteroatoms. The molecule has 2 aromatic rings. The van der Waals surface area contributed by atoms with Crippen LogP contribution in [0.25, 0.3) is 17.0 Å². The van der Waals surface area contributed by atoms with Gasteiger partial charge in [0.15, 0.2) is 11.3 Å². The summed E-state index contributed by atoms with van der Waals surface area (Å²) in [5, 5.41) is 9.59. The first-order chi connectivity index (χ1) is 13.4. The first kappa shape index (κ1) is 20.7. The van der Waals surface area contributed by atoms with Crippen LogP contribution in [-0.2, 0) is 14.3 Å². The summed E-state index contributed by atoms with van der Waals surface area (Å²) in [5.74, 6) is -1.32. The van der Waals surface area contributed by atoms with Crippen LogP contribution < -0.4 is 10.4 Å². The molecule has 146 valence electrons. The van der Waals surface area contributed by atoms with Crippen LogP contribution in [0.4, 0.5) is 0 Å². The van der Waals surface area contributed by atoms with Gasteiger partial charge in [-0.25, -0.2) is 14.4 Å². The Morgan fingerprint density at radius 1 is 1.11 bits per heavy atom. The monoisotopic (exact) mass is 385 g/mol. The minimum atomic E-state index is -0.848. The summed E-state index contributed by atoms with van der Waals surface area (Å²) < 4.78 is 20.5. The molecule has 0 aliphatic heterocycles. The maximum absolute atomic E-state index is 12.1. The molecule has 0 amide bonds. The normalized spacial score (nSPS) is 11.0. The number of carbonyl (C=O) groups is 2. The van der Waals surface area contributed by atoms with E-state index >= 15 is 0 Å². The highest BCUT2D eigenvalue weighted by Gasteiger charge is 2.18. The van der Waals surface area contributed by atoms with E-state index < -0.39 is 17.6 Å². The molecule has 0 unspecified atom stereocenters. The van der Waals surface area contributed by atoms with Crippen molar-refractivity contribution in [1.82, 2.24) is 0 Å². The van der Waals surface area contributed by atoms with Crippen molar-refractivity contribution in [2.45, 2.75) is 20.8 Å². The highest BCUT2D eigenvalue weighted by molar-refractivity contribution is 5.99. The number of hydrogen-bond donors (Lipinski definition) is 0. The van der Waals surface area contributed by atoms with Gasteiger partial charge in [-0.05, 0) is 50.6 Å². The number of nitrogens with zero attached hydrogens (tertiary/aromatic N) is 1. The summed E-state index contributed by atoms with van der Waals surface area (Å²) >= 11 is 0. The summed E-state index contributed by atoms with van der Waals surface area (Å²) in [6, 6.07) is 6.20. The van der Waals surface area contributed by atoms with E-state index in [0.717, 1.165) is 0 Å². The Balaban J connectivity index is 2.67. The van der Waals surface area contributed by atoms with Gasteiger partial charge >= 0.3 is 17.6 Å². The number of nitriles is 1. The number of ether oxygens (including phenoxy) is 3. The van der Waals surface area contributed by atoms with Crippen LogP contribution in [0.2, 0.25) is 0 Å². The fourth-order valence-corrected chi connectivity index (χ4v) is 2.43. The zero-order valence-electron chi connectivity index (χ0n) is 15.7. The summed E-state index contributed by atoms with van der Waals surface area (Å²) in [4.78, 5) is 35.9. The topological polar surface area (TPSA) is 116 Å². The second-order valence-corrected chi connectivity index (χ2v) is 5.43. The van der Waals surface area contributed by atoms with Crippen molar-refractivity contribution in [3.8, 4) is 11.8 Å². The maximum Gasteiger partial charge on any atom is 0.351 e. The molecule has 0 aliphatic carbocycles. The van der Waals surface area contributed by atoms with Gasteiger partial charge in [-0.1, -0.05) is 0 Å². The van der Waals surface area contributed by atoms with Gasteiger partial charge in [-0.2, -0.15) is 5.26 Å². The van der Waals surface area contributed by atoms with Crippen molar-refractivity contribution >= 4 is 29.0 Å². The molecular formula is C20H19NO7. The van der Waals surface area contributed by atoms with E-state index in [2.05, 4.69) is 0 Å². The van der Waals surface area contributed by atoms with Crippen LogP contribution in [0.1, 0.15) is 36.7 Å². The largest absolute Gasteiger partial charge is 0.490 e.